The second kappa shape index (κ2) is 14.0. The van der Waals surface area contributed by atoms with Crippen LogP contribution in [-0.4, -0.2) is 61.0 Å². The molecule has 1 aromatic heterocycles. The van der Waals surface area contributed by atoms with Crippen molar-refractivity contribution in [2.24, 2.45) is 4.99 Å². The summed E-state index contributed by atoms with van der Waals surface area (Å²) in [6.07, 6.45) is 5.33. The molecule has 0 radical (unpaired) electrons. The van der Waals surface area contributed by atoms with Gasteiger partial charge in [-0.1, -0.05) is 32.8 Å². The standard InChI is InChI=1S/C21H37N5O2.HI/c1-4-9-21(27,10-5-2)17-25-20(22-6-3)24-16-18-8-7-11-23-19(18)26-12-14-28-15-13-26;/h7-8,11,27H,4-6,9-10,12-17H2,1-3H3,(H2,22,24,25);1H. The number of nitrogens with one attached hydrogen (secondary N) is 2. The molecule has 0 atom stereocenters. The first-order valence-corrected chi connectivity index (χ1v) is 10.6. The lowest BCUT2D eigenvalue weighted by atomic mass is 9.93. The molecule has 0 aliphatic carbocycles. The Morgan fingerprint density at radius 3 is 2.52 bits per heavy atom. The first kappa shape index (κ1) is 25.9. The summed E-state index contributed by atoms with van der Waals surface area (Å²) in [6, 6.07) is 4.03. The van der Waals surface area contributed by atoms with Gasteiger partial charge in [-0.15, -0.1) is 24.0 Å². The van der Waals surface area contributed by atoms with Gasteiger partial charge in [0.05, 0.1) is 25.4 Å². The summed E-state index contributed by atoms with van der Waals surface area (Å²) in [5.41, 5.74) is 0.409. The second-order valence-corrected chi connectivity index (χ2v) is 7.36. The van der Waals surface area contributed by atoms with Gasteiger partial charge in [-0.3, -0.25) is 0 Å². The summed E-state index contributed by atoms with van der Waals surface area (Å²) in [5.74, 6) is 1.71. The van der Waals surface area contributed by atoms with Crippen molar-refractivity contribution < 1.29 is 9.84 Å². The third-order valence-corrected chi connectivity index (χ3v) is 4.95. The maximum Gasteiger partial charge on any atom is 0.191 e. The number of aliphatic hydroxyl groups is 1. The van der Waals surface area contributed by atoms with Crippen LogP contribution in [0.2, 0.25) is 0 Å². The smallest absolute Gasteiger partial charge is 0.191 e. The molecule has 0 unspecified atom stereocenters. The molecule has 1 aliphatic rings. The van der Waals surface area contributed by atoms with Crippen LogP contribution in [0, 0.1) is 0 Å². The fourth-order valence-electron chi connectivity index (χ4n) is 3.60. The molecule has 2 rings (SSSR count). The van der Waals surface area contributed by atoms with Gasteiger partial charge in [0, 0.05) is 37.9 Å². The number of anilines is 1. The van der Waals surface area contributed by atoms with E-state index in [1.54, 1.807) is 0 Å². The van der Waals surface area contributed by atoms with Gasteiger partial charge in [0.25, 0.3) is 0 Å². The van der Waals surface area contributed by atoms with E-state index in [-0.39, 0.29) is 24.0 Å². The minimum Gasteiger partial charge on any atom is -0.388 e. The average molecular weight is 519 g/mol. The maximum absolute atomic E-state index is 10.9. The summed E-state index contributed by atoms with van der Waals surface area (Å²) in [5, 5.41) is 17.5. The summed E-state index contributed by atoms with van der Waals surface area (Å²) >= 11 is 0. The Morgan fingerprint density at radius 2 is 1.90 bits per heavy atom. The summed E-state index contributed by atoms with van der Waals surface area (Å²) in [7, 11) is 0. The molecular formula is C21H38IN5O2. The van der Waals surface area contributed by atoms with Gasteiger partial charge < -0.3 is 25.4 Å². The van der Waals surface area contributed by atoms with E-state index < -0.39 is 5.60 Å². The molecule has 0 bridgehead atoms. The van der Waals surface area contributed by atoms with Crippen molar-refractivity contribution in [1.82, 2.24) is 15.6 Å². The first-order valence-electron chi connectivity index (χ1n) is 10.6. The van der Waals surface area contributed by atoms with E-state index in [1.807, 2.05) is 19.2 Å². The van der Waals surface area contributed by atoms with Crippen LogP contribution < -0.4 is 15.5 Å². The highest BCUT2D eigenvalue weighted by Crippen LogP contribution is 2.20. The minimum absolute atomic E-state index is 0. The maximum atomic E-state index is 10.9. The highest BCUT2D eigenvalue weighted by Gasteiger charge is 2.25. The molecule has 0 amide bonds. The van der Waals surface area contributed by atoms with E-state index in [2.05, 4.69) is 40.4 Å². The molecule has 2 heterocycles. The van der Waals surface area contributed by atoms with Gasteiger partial charge >= 0.3 is 0 Å². The Kier molecular flexibility index (Phi) is 12.5. The molecule has 0 saturated carbocycles. The Labute approximate surface area is 192 Å². The van der Waals surface area contributed by atoms with Crippen LogP contribution >= 0.6 is 24.0 Å². The number of aromatic nitrogens is 1. The largest absolute Gasteiger partial charge is 0.388 e. The Morgan fingerprint density at radius 1 is 1.21 bits per heavy atom. The molecular weight excluding hydrogens is 481 g/mol. The topological polar surface area (TPSA) is 82.0 Å². The number of aliphatic imine (C=N–C) groups is 1. The second-order valence-electron chi connectivity index (χ2n) is 7.36. The number of hydrogen-bond acceptors (Lipinski definition) is 5. The molecule has 3 N–H and O–H groups in total. The molecule has 0 aromatic carbocycles. The van der Waals surface area contributed by atoms with E-state index in [4.69, 9.17) is 9.73 Å². The number of halogens is 1. The lowest BCUT2D eigenvalue weighted by Crippen LogP contribution is -2.47. The Balaban J connectivity index is 0.00000420. The quantitative estimate of drug-likeness (QED) is 0.251. The van der Waals surface area contributed by atoms with E-state index in [1.165, 1.54) is 0 Å². The molecule has 1 aliphatic heterocycles. The number of morpholine rings is 1. The first-order chi connectivity index (χ1) is 13.6. The fraction of sp³-hybridized carbons (Fsp3) is 0.714. The molecule has 0 spiro atoms. The zero-order valence-corrected chi connectivity index (χ0v) is 20.4. The lowest BCUT2D eigenvalue weighted by molar-refractivity contribution is 0.0257. The van der Waals surface area contributed by atoms with Crippen LogP contribution in [0.3, 0.4) is 0 Å². The van der Waals surface area contributed by atoms with Crippen LogP contribution in [-0.2, 0) is 11.3 Å². The normalized spacial score (nSPS) is 15.0. The van der Waals surface area contributed by atoms with Gasteiger partial charge in [0.2, 0.25) is 0 Å². The third kappa shape index (κ3) is 8.64. The number of pyridine rings is 1. The van der Waals surface area contributed by atoms with E-state index in [0.29, 0.717) is 13.1 Å². The lowest BCUT2D eigenvalue weighted by Gasteiger charge is -2.29. The molecule has 1 saturated heterocycles. The Bertz CT molecular complexity index is 602. The van der Waals surface area contributed by atoms with Crippen LogP contribution in [0.25, 0.3) is 0 Å². The molecule has 8 heteroatoms. The predicted octanol–water partition coefficient (Wildman–Crippen LogP) is 2.92. The van der Waals surface area contributed by atoms with Crippen molar-refractivity contribution in [2.45, 2.75) is 58.6 Å². The van der Waals surface area contributed by atoms with Crippen molar-refractivity contribution in [1.29, 1.82) is 0 Å². The zero-order valence-electron chi connectivity index (χ0n) is 18.1. The van der Waals surface area contributed by atoms with Crippen molar-refractivity contribution in [3.63, 3.8) is 0 Å². The van der Waals surface area contributed by atoms with E-state index in [9.17, 15) is 5.11 Å². The monoisotopic (exact) mass is 519 g/mol. The van der Waals surface area contributed by atoms with Crippen molar-refractivity contribution in [2.75, 3.05) is 44.3 Å². The Hall–Kier alpha value is -1.13. The van der Waals surface area contributed by atoms with Crippen LogP contribution in [0.5, 0.6) is 0 Å². The number of hydrogen-bond donors (Lipinski definition) is 3. The highest BCUT2D eigenvalue weighted by molar-refractivity contribution is 14.0. The molecule has 29 heavy (non-hydrogen) atoms. The van der Waals surface area contributed by atoms with Crippen molar-refractivity contribution in [3.05, 3.63) is 23.9 Å². The summed E-state index contributed by atoms with van der Waals surface area (Å²) < 4.78 is 5.45. The van der Waals surface area contributed by atoms with Crippen LogP contribution in [0.4, 0.5) is 5.82 Å². The van der Waals surface area contributed by atoms with E-state index >= 15 is 0 Å². The SMILES string of the molecule is CCCC(O)(CCC)CNC(=NCc1cccnc1N1CCOCC1)NCC.I. The average Bonchev–Trinajstić information content (AvgIpc) is 2.71. The van der Waals surface area contributed by atoms with Crippen molar-refractivity contribution >= 4 is 35.8 Å². The van der Waals surface area contributed by atoms with Crippen LogP contribution in [0.15, 0.2) is 23.3 Å². The number of ether oxygens (including phenoxy) is 1. The number of nitrogens with zero attached hydrogens (tertiary/aromatic N) is 3. The van der Waals surface area contributed by atoms with Gasteiger partial charge in [0.1, 0.15) is 5.82 Å². The van der Waals surface area contributed by atoms with Crippen LogP contribution in [0.1, 0.15) is 52.0 Å². The van der Waals surface area contributed by atoms with Gasteiger partial charge in [-0.05, 0) is 25.8 Å². The molecule has 1 aromatic rings. The third-order valence-electron chi connectivity index (χ3n) is 4.95. The molecule has 1 fully saturated rings. The van der Waals surface area contributed by atoms with Gasteiger partial charge in [-0.25, -0.2) is 9.98 Å². The molecule has 7 nitrogen and oxygen atoms in total. The minimum atomic E-state index is -0.688. The highest BCUT2D eigenvalue weighted by atomic mass is 127. The van der Waals surface area contributed by atoms with E-state index in [0.717, 1.165) is 75.9 Å². The van der Waals surface area contributed by atoms with Gasteiger partial charge in [0.15, 0.2) is 5.96 Å². The fourth-order valence-corrected chi connectivity index (χ4v) is 3.60. The van der Waals surface area contributed by atoms with Crippen molar-refractivity contribution in [3.8, 4) is 0 Å². The molecule has 166 valence electrons. The summed E-state index contributed by atoms with van der Waals surface area (Å²) in [4.78, 5) is 11.6. The van der Waals surface area contributed by atoms with Gasteiger partial charge in [-0.2, -0.15) is 0 Å². The number of rotatable bonds is 10. The predicted molar refractivity (Wildman–Crippen MR) is 130 cm³/mol. The number of guanidine groups is 1. The summed E-state index contributed by atoms with van der Waals surface area (Å²) in [6.45, 7) is 11.2. The zero-order chi connectivity index (χ0) is 20.2.